The summed E-state index contributed by atoms with van der Waals surface area (Å²) in [6.07, 6.45) is 1.68. The third-order valence-corrected chi connectivity index (χ3v) is 4.88. The molecule has 3 aromatic rings. The lowest BCUT2D eigenvalue weighted by Gasteiger charge is -2.06. The number of aryl methyl sites for hydroxylation is 2. The fourth-order valence-electron chi connectivity index (χ4n) is 2.30. The fourth-order valence-corrected chi connectivity index (χ4v) is 3.26. The number of rotatable bonds is 4. The van der Waals surface area contributed by atoms with Crippen LogP contribution in [0.15, 0.2) is 54.0 Å². The maximum Gasteiger partial charge on any atom is 0.136 e. The third-order valence-electron chi connectivity index (χ3n) is 3.77. The van der Waals surface area contributed by atoms with Crippen LogP contribution < -0.4 is 5.32 Å². The molecule has 1 N–H and O–H groups in total. The SMILES string of the molecule is Cc1ccc(-c2csc(/C(C#N)=C/Nc3cc(Cl)ccc3C)n2)cc1. The monoisotopic (exact) mass is 365 g/mol. The molecule has 0 unspecified atom stereocenters. The number of aromatic nitrogens is 1. The van der Waals surface area contributed by atoms with Crippen LogP contribution in [-0.4, -0.2) is 4.98 Å². The minimum Gasteiger partial charge on any atom is -0.360 e. The highest BCUT2D eigenvalue weighted by molar-refractivity contribution is 7.11. The average molecular weight is 366 g/mol. The van der Waals surface area contributed by atoms with Gasteiger partial charge in [-0.25, -0.2) is 4.98 Å². The van der Waals surface area contributed by atoms with E-state index in [0.717, 1.165) is 22.5 Å². The highest BCUT2D eigenvalue weighted by Gasteiger charge is 2.09. The van der Waals surface area contributed by atoms with E-state index in [-0.39, 0.29) is 0 Å². The van der Waals surface area contributed by atoms with Crippen LogP contribution in [0.1, 0.15) is 16.1 Å². The van der Waals surface area contributed by atoms with Gasteiger partial charge in [-0.1, -0.05) is 47.5 Å². The van der Waals surface area contributed by atoms with Gasteiger partial charge in [0.2, 0.25) is 0 Å². The van der Waals surface area contributed by atoms with Gasteiger partial charge in [0.05, 0.1) is 5.69 Å². The number of thiazole rings is 1. The minimum absolute atomic E-state index is 0.489. The maximum absolute atomic E-state index is 9.48. The quantitative estimate of drug-likeness (QED) is 0.572. The number of anilines is 1. The zero-order chi connectivity index (χ0) is 17.8. The Kier molecular flexibility index (Phi) is 5.18. The predicted molar refractivity (Wildman–Crippen MR) is 106 cm³/mol. The first-order valence-electron chi connectivity index (χ1n) is 7.73. The van der Waals surface area contributed by atoms with Crippen molar-refractivity contribution < 1.29 is 0 Å². The summed E-state index contributed by atoms with van der Waals surface area (Å²) in [5, 5.41) is 15.9. The highest BCUT2D eigenvalue weighted by atomic mass is 35.5. The number of nitrogens with one attached hydrogen (secondary N) is 1. The lowest BCUT2D eigenvalue weighted by atomic mass is 10.1. The van der Waals surface area contributed by atoms with Crippen molar-refractivity contribution in [2.45, 2.75) is 13.8 Å². The summed E-state index contributed by atoms with van der Waals surface area (Å²) >= 11 is 7.49. The zero-order valence-corrected chi connectivity index (χ0v) is 15.4. The van der Waals surface area contributed by atoms with Gasteiger partial charge in [-0.05, 0) is 31.5 Å². The maximum atomic E-state index is 9.48. The van der Waals surface area contributed by atoms with Gasteiger partial charge in [-0.15, -0.1) is 11.3 Å². The van der Waals surface area contributed by atoms with Crippen LogP contribution >= 0.6 is 22.9 Å². The molecule has 1 aromatic heterocycles. The van der Waals surface area contributed by atoms with Crippen LogP contribution in [0.3, 0.4) is 0 Å². The Hall–Kier alpha value is -2.61. The molecule has 0 aliphatic carbocycles. The fraction of sp³-hybridized carbons (Fsp3) is 0.100. The molecule has 3 rings (SSSR count). The largest absolute Gasteiger partial charge is 0.360 e. The second-order valence-electron chi connectivity index (χ2n) is 5.68. The Morgan fingerprint density at radius 3 is 2.68 bits per heavy atom. The Labute approximate surface area is 156 Å². The molecule has 0 amide bonds. The first-order chi connectivity index (χ1) is 12.1. The number of nitrogens with zero attached hydrogens (tertiary/aromatic N) is 2. The zero-order valence-electron chi connectivity index (χ0n) is 13.9. The van der Waals surface area contributed by atoms with Gasteiger partial charge in [0, 0.05) is 27.9 Å². The van der Waals surface area contributed by atoms with E-state index in [2.05, 4.69) is 35.4 Å². The van der Waals surface area contributed by atoms with E-state index in [1.807, 2.05) is 42.6 Å². The van der Waals surface area contributed by atoms with Crippen LogP contribution in [0, 0.1) is 25.2 Å². The Morgan fingerprint density at radius 1 is 1.20 bits per heavy atom. The van der Waals surface area contributed by atoms with E-state index >= 15 is 0 Å². The first-order valence-corrected chi connectivity index (χ1v) is 8.98. The lowest BCUT2D eigenvalue weighted by Crippen LogP contribution is -1.93. The van der Waals surface area contributed by atoms with Crippen molar-refractivity contribution in [2.75, 3.05) is 5.32 Å². The predicted octanol–water partition coefficient (Wildman–Crippen LogP) is 6.06. The molecule has 25 heavy (non-hydrogen) atoms. The molecule has 0 saturated carbocycles. The molecule has 0 bridgehead atoms. The van der Waals surface area contributed by atoms with Crippen LogP contribution in [0.2, 0.25) is 5.02 Å². The highest BCUT2D eigenvalue weighted by Crippen LogP contribution is 2.27. The van der Waals surface area contributed by atoms with Crippen LogP contribution in [0.5, 0.6) is 0 Å². The van der Waals surface area contributed by atoms with Crippen molar-refractivity contribution in [1.29, 1.82) is 5.26 Å². The molecule has 1 heterocycles. The summed E-state index contributed by atoms with van der Waals surface area (Å²) in [5.74, 6) is 0. The first kappa shape index (κ1) is 17.2. The molecule has 0 radical (unpaired) electrons. The van der Waals surface area contributed by atoms with E-state index in [1.54, 1.807) is 6.20 Å². The van der Waals surface area contributed by atoms with E-state index in [9.17, 15) is 5.26 Å². The summed E-state index contributed by atoms with van der Waals surface area (Å²) in [6.45, 7) is 4.04. The van der Waals surface area contributed by atoms with Crippen molar-refractivity contribution in [3.63, 3.8) is 0 Å². The number of nitriles is 1. The van der Waals surface area contributed by atoms with E-state index in [0.29, 0.717) is 15.6 Å². The Bertz CT molecular complexity index is 965. The van der Waals surface area contributed by atoms with Crippen LogP contribution in [-0.2, 0) is 0 Å². The van der Waals surface area contributed by atoms with Gasteiger partial charge in [0.25, 0.3) is 0 Å². The second kappa shape index (κ2) is 7.52. The van der Waals surface area contributed by atoms with Gasteiger partial charge in [0.15, 0.2) is 0 Å². The standard InChI is InChI=1S/C20H16ClN3S/c1-13-3-6-15(7-4-13)19-12-25-20(24-19)16(10-22)11-23-18-9-17(21)8-5-14(18)2/h3-9,11-12,23H,1-2H3/b16-11+. The molecular weight excluding hydrogens is 350 g/mol. The van der Waals surface area contributed by atoms with Crippen molar-refractivity contribution in [1.82, 2.24) is 4.98 Å². The lowest BCUT2D eigenvalue weighted by molar-refractivity contribution is 1.35. The average Bonchev–Trinajstić information content (AvgIpc) is 3.09. The van der Waals surface area contributed by atoms with E-state index < -0.39 is 0 Å². The molecule has 124 valence electrons. The van der Waals surface area contributed by atoms with Crippen molar-refractivity contribution in [2.24, 2.45) is 0 Å². The molecule has 0 atom stereocenters. The summed E-state index contributed by atoms with van der Waals surface area (Å²) in [5.41, 5.74) is 5.54. The second-order valence-corrected chi connectivity index (χ2v) is 6.97. The van der Waals surface area contributed by atoms with Gasteiger partial charge in [-0.2, -0.15) is 5.26 Å². The van der Waals surface area contributed by atoms with Crippen LogP contribution in [0.4, 0.5) is 5.69 Å². The molecule has 0 saturated heterocycles. The molecule has 2 aromatic carbocycles. The van der Waals surface area contributed by atoms with Gasteiger partial charge < -0.3 is 5.32 Å². The van der Waals surface area contributed by atoms with E-state index in [1.165, 1.54) is 16.9 Å². The Morgan fingerprint density at radius 2 is 1.96 bits per heavy atom. The van der Waals surface area contributed by atoms with Gasteiger partial charge in [0.1, 0.15) is 16.6 Å². The summed E-state index contributed by atoms with van der Waals surface area (Å²) in [7, 11) is 0. The number of halogens is 1. The van der Waals surface area contributed by atoms with Gasteiger partial charge >= 0.3 is 0 Å². The molecule has 0 spiro atoms. The van der Waals surface area contributed by atoms with Crippen molar-refractivity contribution in [3.05, 3.63) is 75.2 Å². The van der Waals surface area contributed by atoms with Crippen molar-refractivity contribution in [3.8, 4) is 17.3 Å². The van der Waals surface area contributed by atoms with Crippen LogP contribution in [0.25, 0.3) is 16.8 Å². The molecule has 0 aliphatic heterocycles. The molecule has 3 nitrogen and oxygen atoms in total. The summed E-state index contributed by atoms with van der Waals surface area (Å²) in [4.78, 5) is 4.60. The van der Waals surface area contributed by atoms with E-state index in [4.69, 9.17) is 11.6 Å². The molecule has 5 heteroatoms. The minimum atomic E-state index is 0.489. The number of hydrogen-bond acceptors (Lipinski definition) is 4. The molecule has 0 aliphatic rings. The number of hydrogen-bond donors (Lipinski definition) is 1. The van der Waals surface area contributed by atoms with Crippen molar-refractivity contribution >= 4 is 34.2 Å². The number of allylic oxidation sites excluding steroid dienone is 1. The third kappa shape index (κ3) is 4.08. The topological polar surface area (TPSA) is 48.7 Å². The summed E-state index contributed by atoms with van der Waals surface area (Å²) < 4.78 is 0. The summed E-state index contributed by atoms with van der Waals surface area (Å²) in [6, 6.07) is 16.0. The smallest absolute Gasteiger partial charge is 0.136 e. The Balaban J connectivity index is 1.85. The molecular formula is C20H16ClN3S. The normalized spacial score (nSPS) is 11.2. The molecule has 0 fully saturated rings. The van der Waals surface area contributed by atoms with Gasteiger partial charge in [-0.3, -0.25) is 0 Å². The number of benzene rings is 2.